The summed E-state index contributed by atoms with van der Waals surface area (Å²) in [6.07, 6.45) is 0.568. The summed E-state index contributed by atoms with van der Waals surface area (Å²) in [5, 5.41) is 13.4. The molecular formula is C14H16N2O2. The van der Waals surface area contributed by atoms with Crippen LogP contribution >= 0.6 is 0 Å². The van der Waals surface area contributed by atoms with Gasteiger partial charge in [-0.15, -0.1) is 0 Å². The molecule has 1 aliphatic rings. The highest BCUT2D eigenvalue weighted by atomic mass is 16.4. The summed E-state index contributed by atoms with van der Waals surface area (Å²) in [7, 11) is 0. The van der Waals surface area contributed by atoms with Gasteiger partial charge in [0.2, 0.25) is 0 Å². The van der Waals surface area contributed by atoms with Crippen molar-refractivity contribution < 1.29 is 9.90 Å². The number of aliphatic carboxylic acids is 1. The summed E-state index contributed by atoms with van der Waals surface area (Å²) in [5.41, 5.74) is 3.63. The molecule has 2 aromatic rings. The third kappa shape index (κ3) is 1.53. The topological polar surface area (TPSA) is 54.3 Å². The molecule has 0 aliphatic carbocycles. The van der Waals surface area contributed by atoms with E-state index in [1.165, 1.54) is 22.2 Å². The van der Waals surface area contributed by atoms with Gasteiger partial charge in [0.25, 0.3) is 0 Å². The zero-order chi connectivity index (χ0) is 12.7. The lowest BCUT2D eigenvalue weighted by Gasteiger charge is -2.22. The van der Waals surface area contributed by atoms with E-state index in [4.69, 9.17) is 5.11 Å². The van der Waals surface area contributed by atoms with Crippen molar-refractivity contribution >= 4 is 16.9 Å². The van der Waals surface area contributed by atoms with Crippen LogP contribution in [0.25, 0.3) is 10.9 Å². The van der Waals surface area contributed by atoms with E-state index in [1.807, 2.05) is 12.1 Å². The molecule has 0 saturated heterocycles. The molecule has 3 rings (SSSR count). The van der Waals surface area contributed by atoms with Crippen LogP contribution < -0.4 is 5.32 Å². The van der Waals surface area contributed by atoms with Crippen LogP contribution in [0.2, 0.25) is 0 Å². The van der Waals surface area contributed by atoms with Gasteiger partial charge in [0, 0.05) is 36.1 Å². The summed E-state index contributed by atoms with van der Waals surface area (Å²) in [6, 6.07) is 7.77. The van der Waals surface area contributed by atoms with Gasteiger partial charge in [-0.05, 0) is 18.6 Å². The Morgan fingerprint density at radius 2 is 2.28 bits per heavy atom. The Hall–Kier alpha value is -1.81. The minimum Gasteiger partial charge on any atom is -0.480 e. The van der Waals surface area contributed by atoms with Crippen molar-refractivity contribution in [3.05, 3.63) is 35.5 Å². The molecule has 0 fully saturated rings. The van der Waals surface area contributed by atoms with Crippen molar-refractivity contribution in [1.82, 2.24) is 9.88 Å². The normalized spacial score (nSPS) is 18.8. The lowest BCUT2D eigenvalue weighted by Crippen LogP contribution is -2.42. The van der Waals surface area contributed by atoms with Crippen LogP contribution in [0.5, 0.6) is 0 Å². The first-order valence-corrected chi connectivity index (χ1v) is 6.27. The summed E-state index contributed by atoms with van der Waals surface area (Å²) in [4.78, 5) is 11.1. The average molecular weight is 244 g/mol. The number of carboxylic acids is 1. The highest BCUT2D eigenvalue weighted by Gasteiger charge is 2.28. The molecule has 0 radical (unpaired) electrons. The van der Waals surface area contributed by atoms with Gasteiger partial charge in [-0.25, -0.2) is 0 Å². The number of fused-ring (bicyclic) bond motifs is 3. The second-order valence-corrected chi connectivity index (χ2v) is 4.66. The number of carbonyl (C=O) groups is 1. The van der Waals surface area contributed by atoms with Gasteiger partial charge in [-0.3, -0.25) is 10.1 Å². The van der Waals surface area contributed by atoms with Crippen LogP contribution in [0.3, 0.4) is 0 Å². The van der Waals surface area contributed by atoms with E-state index in [0.717, 1.165) is 6.54 Å². The van der Waals surface area contributed by atoms with E-state index in [0.29, 0.717) is 13.0 Å². The van der Waals surface area contributed by atoms with Gasteiger partial charge in [0.1, 0.15) is 6.04 Å². The number of carboxylic acid groups (broad SMARTS) is 1. The predicted octanol–water partition coefficient (Wildman–Crippen LogP) is 1.76. The lowest BCUT2D eigenvalue weighted by molar-refractivity contribution is -0.139. The molecule has 0 bridgehead atoms. The van der Waals surface area contributed by atoms with Crippen molar-refractivity contribution in [1.29, 1.82) is 0 Å². The molecule has 1 atom stereocenters. The van der Waals surface area contributed by atoms with Gasteiger partial charge in [0.05, 0.1) is 0 Å². The van der Waals surface area contributed by atoms with Gasteiger partial charge < -0.3 is 9.67 Å². The number of nitrogens with zero attached hydrogens (tertiary/aromatic N) is 1. The monoisotopic (exact) mass is 244 g/mol. The van der Waals surface area contributed by atoms with Crippen LogP contribution in [0.1, 0.15) is 18.2 Å². The number of aryl methyl sites for hydroxylation is 1. The Balaban J connectivity index is 2.19. The van der Waals surface area contributed by atoms with E-state index in [-0.39, 0.29) is 0 Å². The Morgan fingerprint density at radius 3 is 3.00 bits per heavy atom. The third-order valence-corrected chi connectivity index (χ3v) is 3.73. The molecule has 2 heterocycles. The summed E-state index contributed by atoms with van der Waals surface area (Å²) >= 11 is 0. The van der Waals surface area contributed by atoms with Gasteiger partial charge in [-0.2, -0.15) is 0 Å². The Morgan fingerprint density at radius 1 is 1.50 bits per heavy atom. The number of benzene rings is 1. The minimum atomic E-state index is -0.769. The smallest absolute Gasteiger partial charge is 0.321 e. The summed E-state index contributed by atoms with van der Waals surface area (Å²) in [5.74, 6) is -0.769. The fraction of sp³-hybridized carbons (Fsp3) is 0.357. The zero-order valence-corrected chi connectivity index (χ0v) is 10.3. The SMILES string of the molecule is CCn1c2c(c3ccccc31)C[C@@H](C(=O)O)NC2. The van der Waals surface area contributed by atoms with Crippen LogP contribution in [0, 0.1) is 0 Å². The maximum Gasteiger partial charge on any atom is 0.321 e. The molecule has 0 unspecified atom stereocenters. The van der Waals surface area contributed by atoms with Crippen molar-refractivity contribution in [2.75, 3.05) is 0 Å². The summed E-state index contributed by atoms with van der Waals surface area (Å²) in [6.45, 7) is 3.67. The average Bonchev–Trinajstić information content (AvgIpc) is 2.71. The maximum atomic E-state index is 11.1. The van der Waals surface area contributed by atoms with Crippen molar-refractivity contribution in [3.8, 4) is 0 Å². The molecule has 1 aliphatic heterocycles. The Bertz CT molecular complexity index is 616. The molecule has 18 heavy (non-hydrogen) atoms. The molecule has 4 nitrogen and oxygen atoms in total. The zero-order valence-electron chi connectivity index (χ0n) is 10.3. The molecule has 0 spiro atoms. The van der Waals surface area contributed by atoms with Crippen LogP contribution in [0.4, 0.5) is 0 Å². The van der Waals surface area contributed by atoms with Gasteiger partial charge in [-0.1, -0.05) is 18.2 Å². The first-order chi connectivity index (χ1) is 8.72. The molecule has 1 aromatic carbocycles. The number of aromatic nitrogens is 1. The first kappa shape index (κ1) is 11.3. The number of rotatable bonds is 2. The van der Waals surface area contributed by atoms with E-state index >= 15 is 0 Å². The van der Waals surface area contributed by atoms with E-state index < -0.39 is 12.0 Å². The second kappa shape index (κ2) is 4.14. The van der Waals surface area contributed by atoms with Crippen LogP contribution in [-0.2, 0) is 24.3 Å². The van der Waals surface area contributed by atoms with Crippen LogP contribution in [-0.4, -0.2) is 21.7 Å². The second-order valence-electron chi connectivity index (χ2n) is 4.66. The van der Waals surface area contributed by atoms with Crippen molar-refractivity contribution in [3.63, 3.8) is 0 Å². The summed E-state index contributed by atoms with van der Waals surface area (Å²) < 4.78 is 2.27. The Kier molecular flexibility index (Phi) is 2.59. The van der Waals surface area contributed by atoms with Crippen molar-refractivity contribution in [2.45, 2.75) is 32.5 Å². The van der Waals surface area contributed by atoms with Crippen LogP contribution in [0.15, 0.2) is 24.3 Å². The molecule has 1 aromatic heterocycles. The number of hydrogen-bond donors (Lipinski definition) is 2. The maximum absolute atomic E-state index is 11.1. The number of para-hydroxylation sites is 1. The predicted molar refractivity (Wildman–Crippen MR) is 69.6 cm³/mol. The quantitative estimate of drug-likeness (QED) is 0.846. The number of hydrogen-bond acceptors (Lipinski definition) is 2. The van der Waals surface area contributed by atoms with Gasteiger partial charge in [0.15, 0.2) is 0 Å². The molecule has 4 heteroatoms. The molecule has 0 saturated carbocycles. The van der Waals surface area contributed by atoms with Gasteiger partial charge >= 0.3 is 5.97 Å². The van der Waals surface area contributed by atoms with E-state index in [2.05, 4.69) is 28.9 Å². The third-order valence-electron chi connectivity index (χ3n) is 3.73. The highest BCUT2D eigenvalue weighted by Crippen LogP contribution is 2.29. The molecule has 2 N–H and O–H groups in total. The minimum absolute atomic E-state index is 0.464. The fourth-order valence-electron chi connectivity index (χ4n) is 2.89. The fourth-order valence-corrected chi connectivity index (χ4v) is 2.89. The molecule has 94 valence electrons. The van der Waals surface area contributed by atoms with E-state index in [9.17, 15) is 4.79 Å². The lowest BCUT2D eigenvalue weighted by atomic mass is 9.99. The molecule has 0 amide bonds. The largest absolute Gasteiger partial charge is 0.480 e. The standard InChI is InChI=1S/C14H16N2O2/c1-2-16-12-6-4-3-5-9(12)10-7-11(14(17)18)15-8-13(10)16/h3-6,11,15H,2,7-8H2,1H3,(H,17,18)/t11-/m0/s1. The first-order valence-electron chi connectivity index (χ1n) is 6.27. The highest BCUT2D eigenvalue weighted by molar-refractivity contribution is 5.87. The number of nitrogens with one attached hydrogen (secondary N) is 1. The van der Waals surface area contributed by atoms with E-state index in [1.54, 1.807) is 0 Å². The Labute approximate surface area is 105 Å². The molecular weight excluding hydrogens is 228 g/mol. The van der Waals surface area contributed by atoms with Crippen molar-refractivity contribution in [2.24, 2.45) is 0 Å².